The predicted octanol–water partition coefficient (Wildman–Crippen LogP) is 2.26. The highest BCUT2D eigenvalue weighted by atomic mass is 15.2. The van der Waals surface area contributed by atoms with Crippen LogP contribution in [0.5, 0.6) is 0 Å². The van der Waals surface area contributed by atoms with Gasteiger partial charge in [0.25, 0.3) is 0 Å². The third-order valence-corrected chi connectivity index (χ3v) is 3.27. The van der Waals surface area contributed by atoms with Crippen LogP contribution in [0.4, 0.5) is 0 Å². The van der Waals surface area contributed by atoms with E-state index in [2.05, 4.69) is 30.5 Å². The van der Waals surface area contributed by atoms with E-state index in [1.165, 1.54) is 24.8 Å². The lowest BCUT2D eigenvalue weighted by Gasteiger charge is -2.11. The van der Waals surface area contributed by atoms with Gasteiger partial charge >= 0.3 is 0 Å². The molecule has 1 heterocycles. The summed E-state index contributed by atoms with van der Waals surface area (Å²) in [5.74, 6) is 0.925. The Morgan fingerprint density at radius 2 is 2.47 bits per heavy atom. The van der Waals surface area contributed by atoms with Crippen molar-refractivity contribution in [3.8, 4) is 0 Å². The van der Waals surface area contributed by atoms with Crippen LogP contribution < -0.4 is 5.32 Å². The van der Waals surface area contributed by atoms with E-state index in [9.17, 15) is 0 Å². The first-order chi connectivity index (χ1) is 7.20. The Bertz CT molecular complexity index is 318. The van der Waals surface area contributed by atoms with Crippen molar-refractivity contribution in [2.24, 2.45) is 13.0 Å². The third kappa shape index (κ3) is 2.59. The van der Waals surface area contributed by atoms with Gasteiger partial charge in [0.15, 0.2) is 0 Å². The topological polar surface area (TPSA) is 29.9 Å². The Labute approximate surface area is 91.9 Å². The average Bonchev–Trinajstić information content (AvgIpc) is 2.76. The van der Waals surface area contributed by atoms with E-state index >= 15 is 0 Å². The number of hydrogen-bond donors (Lipinski definition) is 1. The smallest absolute Gasteiger partial charge is 0.0537 e. The normalized spacial score (nSPS) is 26.6. The van der Waals surface area contributed by atoms with Crippen LogP contribution in [0.1, 0.15) is 44.7 Å². The summed E-state index contributed by atoms with van der Waals surface area (Å²) in [5, 5.41) is 7.86. The second-order valence-electron chi connectivity index (χ2n) is 4.73. The maximum atomic E-state index is 4.20. The molecule has 84 valence electrons. The van der Waals surface area contributed by atoms with Crippen molar-refractivity contribution in [3.63, 3.8) is 0 Å². The van der Waals surface area contributed by atoms with Crippen LogP contribution in [0.3, 0.4) is 0 Å². The van der Waals surface area contributed by atoms with E-state index in [0.717, 1.165) is 12.0 Å². The van der Waals surface area contributed by atoms with Crippen LogP contribution in [-0.4, -0.2) is 15.8 Å². The molecule has 3 heteroatoms. The molecule has 1 saturated carbocycles. The molecular weight excluding hydrogens is 186 g/mol. The summed E-state index contributed by atoms with van der Waals surface area (Å²) in [5.41, 5.74) is 1.29. The van der Waals surface area contributed by atoms with Crippen molar-refractivity contribution in [3.05, 3.63) is 18.0 Å². The van der Waals surface area contributed by atoms with Gasteiger partial charge in [0.1, 0.15) is 0 Å². The third-order valence-electron chi connectivity index (χ3n) is 3.27. The van der Waals surface area contributed by atoms with E-state index < -0.39 is 0 Å². The lowest BCUT2D eigenvalue weighted by molar-refractivity contribution is 0.530. The van der Waals surface area contributed by atoms with Gasteiger partial charge in [0.05, 0.1) is 6.20 Å². The fourth-order valence-corrected chi connectivity index (χ4v) is 2.22. The first-order valence-corrected chi connectivity index (χ1v) is 5.95. The Kier molecular flexibility index (Phi) is 3.10. The number of nitrogens with zero attached hydrogens (tertiary/aromatic N) is 2. The summed E-state index contributed by atoms with van der Waals surface area (Å²) < 4.78 is 1.87. The lowest BCUT2D eigenvalue weighted by Crippen LogP contribution is -2.22. The van der Waals surface area contributed by atoms with Crippen molar-refractivity contribution in [1.82, 2.24) is 15.1 Å². The fraction of sp³-hybridized carbons (Fsp3) is 0.750. The number of nitrogens with one attached hydrogen (secondary N) is 1. The molecule has 15 heavy (non-hydrogen) atoms. The first-order valence-electron chi connectivity index (χ1n) is 5.95. The van der Waals surface area contributed by atoms with Gasteiger partial charge in [-0.1, -0.05) is 13.3 Å². The van der Waals surface area contributed by atoms with Gasteiger partial charge in [-0.15, -0.1) is 0 Å². The maximum Gasteiger partial charge on any atom is 0.0537 e. The largest absolute Gasteiger partial charge is 0.307 e. The minimum Gasteiger partial charge on any atom is -0.307 e. The minimum atomic E-state index is 0.436. The molecule has 1 fully saturated rings. The SMILES string of the molecule is CCCC1CC1NC(C)c1cnn(C)c1. The monoisotopic (exact) mass is 207 g/mol. The molecule has 1 aliphatic carbocycles. The molecule has 0 aliphatic heterocycles. The predicted molar refractivity (Wildman–Crippen MR) is 61.6 cm³/mol. The Hall–Kier alpha value is -0.830. The molecule has 0 radical (unpaired) electrons. The summed E-state index contributed by atoms with van der Waals surface area (Å²) >= 11 is 0. The number of hydrogen-bond acceptors (Lipinski definition) is 2. The molecule has 3 unspecified atom stereocenters. The fourth-order valence-electron chi connectivity index (χ4n) is 2.22. The summed E-state index contributed by atoms with van der Waals surface area (Å²) in [4.78, 5) is 0. The molecule has 0 amide bonds. The van der Waals surface area contributed by atoms with Crippen molar-refractivity contribution in [2.45, 2.75) is 45.2 Å². The van der Waals surface area contributed by atoms with Gasteiger partial charge in [-0.3, -0.25) is 4.68 Å². The van der Waals surface area contributed by atoms with Crippen LogP contribution in [0, 0.1) is 5.92 Å². The highest BCUT2D eigenvalue weighted by Crippen LogP contribution is 2.36. The van der Waals surface area contributed by atoms with Crippen LogP contribution in [0.2, 0.25) is 0 Å². The zero-order valence-corrected chi connectivity index (χ0v) is 9.90. The van der Waals surface area contributed by atoms with Gasteiger partial charge in [-0.05, 0) is 25.7 Å². The van der Waals surface area contributed by atoms with Crippen LogP contribution in [-0.2, 0) is 7.05 Å². The van der Waals surface area contributed by atoms with Gasteiger partial charge in [-0.2, -0.15) is 5.10 Å². The molecular formula is C12H21N3. The van der Waals surface area contributed by atoms with Crippen molar-refractivity contribution in [1.29, 1.82) is 0 Å². The molecule has 0 bridgehead atoms. The molecule has 1 aliphatic rings. The first kappa shape index (κ1) is 10.7. The molecule has 1 N–H and O–H groups in total. The summed E-state index contributed by atoms with van der Waals surface area (Å²) in [7, 11) is 1.97. The maximum absolute atomic E-state index is 4.20. The van der Waals surface area contributed by atoms with Crippen LogP contribution in [0.25, 0.3) is 0 Å². The minimum absolute atomic E-state index is 0.436. The highest BCUT2D eigenvalue weighted by Gasteiger charge is 2.36. The standard InChI is InChI=1S/C12H21N3/c1-4-5-10-6-12(10)14-9(2)11-7-13-15(3)8-11/h7-10,12,14H,4-6H2,1-3H3. The molecule has 3 nitrogen and oxygen atoms in total. The summed E-state index contributed by atoms with van der Waals surface area (Å²) in [6, 6.07) is 1.19. The van der Waals surface area contributed by atoms with Crippen LogP contribution in [0.15, 0.2) is 12.4 Å². The highest BCUT2D eigenvalue weighted by molar-refractivity contribution is 5.10. The number of rotatable bonds is 5. The van der Waals surface area contributed by atoms with Crippen molar-refractivity contribution >= 4 is 0 Å². The van der Waals surface area contributed by atoms with E-state index in [0.29, 0.717) is 6.04 Å². The van der Waals surface area contributed by atoms with Gasteiger partial charge < -0.3 is 5.32 Å². The quantitative estimate of drug-likeness (QED) is 0.802. The van der Waals surface area contributed by atoms with E-state index in [4.69, 9.17) is 0 Å². The second-order valence-corrected chi connectivity index (χ2v) is 4.73. The molecule has 1 aromatic rings. The summed E-state index contributed by atoms with van der Waals surface area (Å²) in [6.45, 7) is 4.48. The molecule has 0 aromatic carbocycles. The van der Waals surface area contributed by atoms with E-state index in [-0.39, 0.29) is 0 Å². The van der Waals surface area contributed by atoms with Gasteiger partial charge in [0.2, 0.25) is 0 Å². The number of aromatic nitrogens is 2. The zero-order valence-electron chi connectivity index (χ0n) is 9.90. The lowest BCUT2D eigenvalue weighted by atomic mass is 10.2. The molecule has 1 aromatic heterocycles. The molecule has 3 atom stereocenters. The Morgan fingerprint density at radius 3 is 3.07 bits per heavy atom. The average molecular weight is 207 g/mol. The Morgan fingerprint density at radius 1 is 1.67 bits per heavy atom. The molecule has 0 saturated heterocycles. The van der Waals surface area contributed by atoms with Crippen molar-refractivity contribution in [2.75, 3.05) is 0 Å². The van der Waals surface area contributed by atoms with E-state index in [1.807, 2.05) is 17.9 Å². The van der Waals surface area contributed by atoms with Crippen LogP contribution >= 0.6 is 0 Å². The molecule has 0 spiro atoms. The van der Waals surface area contributed by atoms with E-state index in [1.54, 1.807) is 0 Å². The molecule has 2 rings (SSSR count). The zero-order chi connectivity index (χ0) is 10.8. The van der Waals surface area contributed by atoms with Gasteiger partial charge in [-0.25, -0.2) is 0 Å². The Balaban J connectivity index is 1.81. The second kappa shape index (κ2) is 4.35. The summed E-state index contributed by atoms with van der Waals surface area (Å²) in [6.07, 6.45) is 8.09. The van der Waals surface area contributed by atoms with Crippen molar-refractivity contribution < 1.29 is 0 Å². The van der Waals surface area contributed by atoms with Gasteiger partial charge in [0, 0.05) is 30.9 Å². The number of aryl methyl sites for hydroxylation is 1.